The van der Waals surface area contributed by atoms with Crippen molar-refractivity contribution in [2.24, 2.45) is 5.73 Å². The van der Waals surface area contributed by atoms with Crippen molar-refractivity contribution in [3.05, 3.63) is 0 Å². The van der Waals surface area contributed by atoms with E-state index in [-0.39, 0.29) is 6.10 Å². The fourth-order valence-electron chi connectivity index (χ4n) is 2.66. The molecule has 0 aromatic heterocycles. The number of morpholine rings is 1. The molecule has 16 heavy (non-hydrogen) atoms. The van der Waals surface area contributed by atoms with E-state index in [1.807, 2.05) is 0 Å². The molecular formula is C12H24N2O2. The molecule has 0 aliphatic carbocycles. The van der Waals surface area contributed by atoms with Gasteiger partial charge < -0.3 is 15.2 Å². The van der Waals surface area contributed by atoms with Gasteiger partial charge in [-0.25, -0.2) is 0 Å². The smallest absolute Gasteiger partial charge is 0.0828 e. The molecule has 2 aliphatic heterocycles. The van der Waals surface area contributed by atoms with Crippen LogP contribution in [0, 0.1) is 0 Å². The lowest BCUT2D eigenvalue weighted by Gasteiger charge is -2.38. The van der Waals surface area contributed by atoms with Gasteiger partial charge >= 0.3 is 0 Å². The normalized spacial score (nSPS) is 37.5. The van der Waals surface area contributed by atoms with Crippen LogP contribution in [0.4, 0.5) is 0 Å². The average molecular weight is 228 g/mol. The zero-order valence-electron chi connectivity index (χ0n) is 10.2. The van der Waals surface area contributed by atoms with E-state index >= 15 is 0 Å². The molecule has 0 spiro atoms. The Kier molecular flexibility index (Phi) is 4.58. The summed E-state index contributed by atoms with van der Waals surface area (Å²) in [6.07, 6.45) is 4.67. The first kappa shape index (κ1) is 12.3. The van der Waals surface area contributed by atoms with Crippen LogP contribution in [-0.4, -0.2) is 56.0 Å². The molecule has 2 fully saturated rings. The average Bonchev–Trinajstić information content (AvgIpc) is 2.29. The molecule has 3 atom stereocenters. The molecule has 94 valence electrons. The molecule has 3 unspecified atom stereocenters. The summed E-state index contributed by atoms with van der Waals surface area (Å²) < 4.78 is 11.5. The van der Waals surface area contributed by atoms with Gasteiger partial charge in [0.15, 0.2) is 0 Å². The van der Waals surface area contributed by atoms with Crippen LogP contribution in [0.3, 0.4) is 0 Å². The molecule has 4 heteroatoms. The SMILES string of the molecule is CC1CN(CC2CCCCO2)CC(CN)O1. The van der Waals surface area contributed by atoms with Crippen molar-refractivity contribution in [3.63, 3.8) is 0 Å². The van der Waals surface area contributed by atoms with E-state index in [0.717, 1.165) is 26.2 Å². The minimum Gasteiger partial charge on any atom is -0.377 e. The van der Waals surface area contributed by atoms with Crippen molar-refractivity contribution in [3.8, 4) is 0 Å². The monoisotopic (exact) mass is 228 g/mol. The first-order chi connectivity index (χ1) is 7.78. The Bertz CT molecular complexity index is 207. The first-order valence-electron chi connectivity index (χ1n) is 6.47. The molecule has 2 saturated heterocycles. The van der Waals surface area contributed by atoms with Gasteiger partial charge in [0.2, 0.25) is 0 Å². The summed E-state index contributed by atoms with van der Waals surface area (Å²) in [6, 6.07) is 0. The van der Waals surface area contributed by atoms with Crippen molar-refractivity contribution in [1.29, 1.82) is 0 Å². The second-order valence-corrected chi connectivity index (χ2v) is 5.01. The third kappa shape index (κ3) is 3.42. The van der Waals surface area contributed by atoms with Crippen LogP contribution >= 0.6 is 0 Å². The number of nitrogens with two attached hydrogens (primary N) is 1. The van der Waals surface area contributed by atoms with E-state index in [0.29, 0.717) is 18.8 Å². The first-order valence-corrected chi connectivity index (χ1v) is 6.47. The van der Waals surface area contributed by atoms with Gasteiger partial charge in [-0.3, -0.25) is 4.90 Å². The van der Waals surface area contributed by atoms with Crippen molar-refractivity contribution >= 4 is 0 Å². The summed E-state index contributed by atoms with van der Waals surface area (Å²) in [7, 11) is 0. The van der Waals surface area contributed by atoms with Crippen LogP contribution in [0.5, 0.6) is 0 Å². The summed E-state index contributed by atoms with van der Waals surface area (Å²) in [4.78, 5) is 2.45. The van der Waals surface area contributed by atoms with Crippen molar-refractivity contribution in [2.45, 2.75) is 44.5 Å². The molecule has 2 aliphatic rings. The van der Waals surface area contributed by atoms with Crippen LogP contribution in [0.2, 0.25) is 0 Å². The largest absolute Gasteiger partial charge is 0.377 e. The molecule has 0 amide bonds. The molecule has 2 heterocycles. The van der Waals surface area contributed by atoms with Crippen LogP contribution < -0.4 is 5.73 Å². The van der Waals surface area contributed by atoms with E-state index in [2.05, 4.69) is 11.8 Å². The molecule has 2 rings (SSSR count). The van der Waals surface area contributed by atoms with Gasteiger partial charge in [0.25, 0.3) is 0 Å². The minimum atomic E-state index is 0.201. The van der Waals surface area contributed by atoms with Gasteiger partial charge in [0.1, 0.15) is 0 Å². The van der Waals surface area contributed by atoms with Gasteiger partial charge in [0.05, 0.1) is 18.3 Å². The van der Waals surface area contributed by atoms with Crippen molar-refractivity contribution in [2.75, 3.05) is 32.8 Å². The fourth-order valence-corrected chi connectivity index (χ4v) is 2.66. The Hall–Kier alpha value is -0.160. The van der Waals surface area contributed by atoms with E-state index in [4.69, 9.17) is 15.2 Å². The Balaban J connectivity index is 1.78. The maximum atomic E-state index is 5.77. The van der Waals surface area contributed by atoms with Crippen LogP contribution in [0.15, 0.2) is 0 Å². The maximum Gasteiger partial charge on any atom is 0.0828 e. The number of hydrogen-bond donors (Lipinski definition) is 1. The number of nitrogens with zero attached hydrogens (tertiary/aromatic N) is 1. The highest BCUT2D eigenvalue weighted by molar-refractivity contribution is 4.79. The number of hydrogen-bond acceptors (Lipinski definition) is 4. The van der Waals surface area contributed by atoms with Gasteiger partial charge in [-0.2, -0.15) is 0 Å². The molecule has 0 aromatic rings. The fraction of sp³-hybridized carbons (Fsp3) is 1.00. The van der Waals surface area contributed by atoms with E-state index < -0.39 is 0 Å². The van der Waals surface area contributed by atoms with Crippen LogP contribution in [0.25, 0.3) is 0 Å². The van der Waals surface area contributed by atoms with Crippen molar-refractivity contribution < 1.29 is 9.47 Å². The van der Waals surface area contributed by atoms with Gasteiger partial charge in [-0.05, 0) is 26.2 Å². The molecule has 0 radical (unpaired) electrons. The number of rotatable bonds is 3. The Morgan fingerprint density at radius 1 is 1.25 bits per heavy atom. The summed E-state index contributed by atoms with van der Waals surface area (Å²) in [5.74, 6) is 0. The Morgan fingerprint density at radius 2 is 2.12 bits per heavy atom. The van der Waals surface area contributed by atoms with Gasteiger partial charge in [-0.15, -0.1) is 0 Å². The second-order valence-electron chi connectivity index (χ2n) is 5.01. The highest BCUT2D eigenvalue weighted by Crippen LogP contribution is 2.17. The standard InChI is InChI=1S/C12H24N2O2/c1-10-7-14(9-12(6-13)16-10)8-11-4-2-3-5-15-11/h10-12H,2-9,13H2,1H3. The zero-order chi connectivity index (χ0) is 11.4. The lowest BCUT2D eigenvalue weighted by Crippen LogP contribution is -2.51. The quantitative estimate of drug-likeness (QED) is 0.768. The predicted octanol–water partition coefficient (Wildman–Crippen LogP) is 0.604. The van der Waals surface area contributed by atoms with E-state index in [1.165, 1.54) is 19.3 Å². The highest BCUT2D eigenvalue weighted by atomic mass is 16.5. The highest BCUT2D eigenvalue weighted by Gasteiger charge is 2.26. The van der Waals surface area contributed by atoms with Crippen molar-refractivity contribution in [1.82, 2.24) is 4.90 Å². The summed E-state index contributed by atoms with van der Waals surface area (Å²) in [5, 5.41) is 0. The maximum absolute atomic E-state index is 5.77. The van der Waals surface area contributed by atoms with Crippen LogP contribution in [-0.2, 0) is 9.47 Å². The topological polar surface area (TPSA) is 47.7 Å². The van der Waals surface area contributed by atoms with Gasteiger partial charge in [-0.1, -0.05) is 0 Å². The lowest BCUT2D eigenvalue weighted by molar-refractivity contribution is -0.0902. The summed E-state index contributed by atoms with van der Waals surface area (Å²) >= 11 is 0. The molecule has 0 aromatic carbocycles. The minimum absolute atomic E-state index is 0.201. The summed E-state index contributed by atoms with van der Waals surface area (Å²) in [6.45, 7) is 6.69. The third-order valence-corrected chi connectivity index (χ3v) is 3.40. The Labute approximate surface area is 98.1 Å². The lowest BCUT2D eigenvalue weighted by atomic mass is 10.1. The Morgan fingerprint density at radius 3 is 2.81 bits per heavy atom. The summed E-state index contributed by atoms with van der Waals surface area (Å²) in [5.41, 5.74) is 5.68. The second kappa shape index (κ2) is 5.96. The van der Waals surface area contributed by atoms with E-state index in [9.17, 15) is 0 Å². The third-order valence-electron chi connectivity index (χ3n) is 3.40. The van der Waals surface area contributed by atoms with Crippen LogP contribution in [0.1, 0.15) is 26.2 Å². The molecule has 0 saturated carbocycles. The molecule has 0 bridgehead atoms. The molecule has 2 N–H and O–H groups in total. The number of ether oxygens (including phenoxy) is 2. The van der Waals surface area contributed by atoms with Gasteiger partial charge in [0, 0.05) is 32.8 Å². The van der Waals surface area contributed by atoms with E-state index in [1.54, 1.807) is 0 Å². The predicted molar refractivity (Wildman–Crippen MR) is 63.4 cm³/mol. The molecular weight excluding hydrogens is 204 g/mol. The molecule has 4 nitrogen and oxygen atoms in total. The zero-order valence-corrected chi connectivity index (χ0v) is 10.2.